The van der Waals surface area contributed by atoms with Gasteiger partial charge in [-0.1, -0.05) is 30.2 Å². The minimum absolute atomic E-state index is 0.158. The average molecular weight is 423 g/mol. The molecule has 1 aromatic carbocycles. The fourth-order valence-corrected chi connectivity index (χ4v) is 4.21. The summed E-state index contributed by atoms with van der Waals surface area (Å²) in [6.45, 7) is 6.39. The van der Waals surface area contributed by atoms with E-state index in [1.54, 1.807) is 12.3 Å². The topological polar surface area (TPSA) is 83.0 Å². The van der Waals surface area contributed by atoms with Gasteiger partial charge in [0.15, 0.2) is 0 Å². The van der Waals surface area contributed by atoms with Gasteiger partial charge in [0.2, 0.25) is 0 Å². The third-order valence-corrected chi connectivity index (χ3v) is 5.98. The molecule has 31 heavy (non-hydrogen) atoms. The van der Waals surface area contributed by atoms with E-state index >= 15 is 0 Å². The predicted octanol–water partition coefficient (Wildman–Crippen LogP) is 4.86. The van der Waals surface area contributed by atoms with E-state index in [9.17, 15) is 14.0 Å². The van der Waals surface area contributed by atoms with Crippen molar-refractivity contribution in [1.82, 2.24) is 14.6 Å². The van der Waals surface area contributed by atoms with E-state index in [1.165, 1.54) is 23.3 Å². The molecule has 0 aliphatic heterocycles. The zero-order valence-corrected chi connectivity index (χ0v) is 18.0. The number of nitrogens with one attached hydrogen (secondary N) is 2. The normalized spacial score (nSPS) is 19.3. The number of hydrogen-bond donors (Lipinski definition) is 2. The molecule has 2 aromatic heterocycles. The SMILES string of the molecule is CC(C)=CCCC1=CC[C@H](/C=N\n2c(=O)[nH]c3c([nH]c4ccc(F)cc43)c2=O)[C@H](C)C1. The minimum Gasteiger partial charge on any atom is -0.349 e. The van der Waals surface area contributed by atoms with Crippen LogP contribution in [0.4, 0.5) is 4.39 Å². The zero-order valence-electron chi connectivity index (χ0n) is 18.0. The number of rotatable bonds is 5. The summed E-state index contributed by atoms with van der Waals surface area (Å²) >= 11 is 0. The first-order valence-electron chi connectivity index (χ1n) is 10.7. The second kappa shape index (κ2) is 8.49. The number of halogens is 1. The van der Waals surface area contributed by atoms with Crippen molar-refractivity contribution in [2.24, 2.45) is 16.9 Å². The molecule has 1 aliphatic rings. The quantitative estimate of drug-likeness (QED) is 0.454. The van der Waals surface area contributed by atoms with Gasteiger partial charge >= 0.3 is 11.2 Å². The van der Waals surface area contributed by atoms with Crippen molar-refractivity contribution >= 4 is 28.2 Å². The lowest BCUT2D eigenvalue weighted by atomic mass is 9.80. The molecule has 2 heterocycles. The summed E-state index contributed by atoms with van der Waals surface area (Å²) in [6.07, 6.45) is 10.2. The third kappa shape index (κ3) is 4.31. The zero-order chi connectivity index (χ0) is 22.1. The van der Waals surface area contributed by atoms with Crippen LogP contribution >= 0.6 is 0 Å². The minimum atomic E-state index is -0.639. The van der Waals surface area contributed by atoms with Crippen molar-refractivity contribution in [3.8, 4) is 0 Å². The van der Waals surface area contributed by atoms with E-state index in [2.05, 4.69) is 48.0 Å². The number of H-pyrrole nitrogens is 2. The molecule has 2 N–H and O–H groups in total. The molecule has 0 saturated carbocycles. The van der Waals surface area contributed by atoms with Gasteiger partial charge in [0, 0.05) is 23.0 Å². The molecule has 1 aliphatic carbocycles. The van der Waals surface area contributed by atoms with Crippen molar-refractivity contribution in [2.75, 3.05) is 0 Å². The Morgan fingerprint density at radius 3 is 2.81 bits per heavy atom. The molecule has 2 atom stereocenters. The summed E-state index contributed by atoms with van der Waals surface area (Å²) in [5, 5.41) is 4.70. The summed E-state index contributed by atoms with van der Waals surface area (Å²) in [5.41, 5.74) is 2.69. The van der Waals surface area contributed by atoms with Crippen LogP contribution in [0.15, 0.2) is 56.2 Å². The lowest BCUT2D eigenvalue weighted by Gasteiger charge is -2.25. The highest BCUT2D eigenvalue weighted by Gasteiger charge is 2.21. The number of nitrogens with zero attached hydrogens (tertiary/aromatic N) is 2. The van der Waals surface area contributed by atoms with E-state index in [0.29, 0.717) is 22.3 Å². The maximum atomic E-state index is 13.6. The maximum absolute atomic E-state index is 13.6. The van der Waals surface area contributed by atoms with E-state index < -0.39 is 17.1 Å². The van der Waals surface area contributed by atoms with Gasteiger partial charge in [-0.3, -0.25) is 4.79 Å². The molecule has 0 unspecified atom stereocenters. The monoisotopic (exact) mass is 422 g/mol. The molecular weight excluding hydrogens is 395 g/mol. The molecule has 7 heteroatoms. The van der Waals surface area contributed by atoms with Gasteiger partial charge < -0.3 is 9.97 Å². The predicted molar refractivity (Wildman–Crippen MR) is 123 cm³/mol. The van der Waals surface area contributed by atoms with Crippen LogP contribution in [-0.4, -0.2) is 20.9 Å². The number of aromatic nitrogens is 3. The van der Waals surface area contributed by atoms with Crippen molar-refractivity contribution in [3.63, 3.8) is 0 Å². The summed E-state index contributed by atoms with van der Waals surface area (Å²) in [7, 11) is 0. The summed E-state index contributed by atoms with van der Waals surface area (Å²) in [5.74, 6) is 0.104. The standard InChI is InChI=1S/C24H27FN4O2/c1-14(2)5-4-6-16-7-8-17(15(3)11-16)13-26-29-23(30)22-21(28-24(29)31)19-12-18(25)9-10-20(19)27-22/h5,7,9-10,12-13,15,17,27H,4,6,8,11H2,1-3H3,(H,28,31)/b26-13-/t15-,17-/m1/s1. The van der Waals surface area contributed by atoms with Gasteiger partial charge in [0.25, 0.3) is 0 Å². The van der Waals surface area contributed by atoms with Gasteiger partial charge in [-0.25, -0.2) is 9.18 Å². The number of aromatic amines is 2. The number of benzene rings is 1. The van der Waals surface area contributed by atoms with Crippen molar-refractivity contribution in [1.29, 1.82) is 0 Å². The first-order valence-corrected chi connectivity index (χ1v) is 10.7. The third-order valence-electron chi connectivity index (χ3n) is 5.98. The van der Waals surface area contributed by atoms with Crippen LogP contribution in [0.1, 0.15) is 46.5 Å². The van der Waals surface area contributed by atoms with Gasteiger partial charge in [0.05, 0.1) is 5.52 Å². The number of fused-ring (bicyclic) bond motifs is 3. The maximum Gasteiger partial charge on any atom is 0.350 e. The van der Waals surface area contributed by atoms with E-state index in [4.69, 9.17) is 0 Å². The largest absolute Gasteiger partial charge is 0.350 e. The van der Waals surface area contributed by atoms with Gasteiger partial charge in [-0.15, -0.1) is 4.68 Å². The van der Waals surface area contributed by atoms with Gasteiger partial charge in [0.1, 0.15) is 11.3 Å². The van der Waals surface area contributed by atoms with Crippen molar-refractivity contribution < 1.29 is 4.39 Å². The lowest BCUT2D eigenvalue weighted by molar-refractivity contribution is 0.429. The van der Waals surface area contributed by atoms with Gasteiger partial charge in [-0.2, -0.15) is 5.10 Å². The van der Waals surface area contributed by atoms with E-state index in [-0.39, 0.29) is 11.4 Å². The average Bonchev–Trinajstić information content (AvgIpc) is 3.07. The Morgan fingerprint density at radius 2 is 2.06 bits per heavy atom. The Kier molecular flexibility index (Phi) is 5.76. The van der Waals surface area contributed by atoms with Crippen LogP contribution < -0.4 is 11.2 Å². The number of allylic oxidation sites excluding steroid dienone is 4. The number of hydrogen-bond acceptors (Lipinski definition) is 3. The lowest BCUT2D eigenvalue weighted by Crippen LogP contribution is -2.32. The molecule has 0 bridgehead atoms. The molecule has 3 aromatic rings. The summed E-state index contributed by atoms with van der Waals surface area (Å²) in [6, 6.07) is 4.14. The molecule has 0 saturated heterocycles. The Bertz CT molecular complexity index is 1340. The van der Waals surface area contributed by atoms with Crippen LogP contribution in [0, 0.1) is 17.7 Å². The molecule has 0 amide bonds. The van der Waals surface area contributed by atoms with Crippen LogP contribution in [0.3, 0.4) is 0 Å². The molecular formula is C24H27FN4O2. The fraction of sp³-hybridized carbons (Fsp3) is 0.375. The van der Waals surface area contributed by atoms with Gasteiger partial charge in [-0.05, 0) is 63.6 Å². The molecule has 0 radical (unpaired) electrons. The Morgan fingerprint density at radius 1 is 1.26 bits per heavy atom. The van der Waals surface area contributed by atoms with Crippen molar-refractivity contribution in [2.45, 2.75) is 46.5 Å². The Hall–Kier alpha value is -3.22. The van der Waals surface area contributed by atoms with Crippen LogP contribution in [-0.2, 0) is 0 Å². The molecule has 0 fully saturated rings. The highest BCUT2D eigenvalue weighted by atomic mass is 19.1. The first kappa shape index (κ1) is 21.0. The van der Waals surface area contributed by atoms with E-state index in [1.807, 2.05) is 0 Å². The molecule has 162 valence electrons. The summed E-state index contributed by atoms with van der Waals surface area (Å²) < 4.78 is 14.4. The van der Waals surface area contributed by atoms with Crippen LogP contribution in [0.5, 0.6) is 0 Å². The highest BCUT2D eigenvalue weighted by Crippen LogP contribution is 2.30. The second-order valence-electron chi connectivity index (χ2n) is 8.64. The molecule has 6 nitrogen and oxygen atoms in total. The molecule has 4 rings (SSSR count). The Labute approximate surface area is 179 Å². The van der Waals surface area contributed by atoms with Crippen LogP contribution in [0.25, 0.3) is 21.9 Å². The second-order valence-corrected chi connectivity index (χ2v) is 8.64. The molecule has 0 spiro atoms. The van der Waals surface area contributed by atoms with Crippen LogP contribution in [0.2, 0.25) is 0 Å². The van der Waals surface area contributed by atoms with Crippen molar-refractivity contribution in [3.05, 3.63) is 68.2 Å². The summed E-state index contributed by atoms with van der Waals surface area (Å²) in [4.78, 5) is 31.0. The highest BCUT2D eigenvalue weighted by molar-refractivity contribution is 6.04. The van der Waals surface area contributed by atoms with E-state index in [0.717, 1.165) is 30.4 Å². The smallest absolute Gasteiger partial charge is 0.349 e. The first-order chi connectivity index (χ1) is 14.8. The Balaban J connectivity index is 1.59. The fourth-order valence-electron chi connectivity index (χ4n) is 4.21.